The zero-order valence-electron chi connectivity index (χ0n) is 16.1. The number of aryl methyl sites for hydroxylation is 1. The molecule has 0 radical (unpaired) electrons. The van der Waals surface area contributed by atoms with E-state index < -0.39 is 29.9 Å². The van der Waals surface area contributed by atoms with Gasteiger partial charge in [0, 0.05) is 18.7 Å². The largest absolute Gasteiger partial charge is 0.455 e. The molecule has 1 saturated carbocycles. The van der Waals surface area contributed by atoms with Crippen LogP contribution in [0, 0.1) is 17.2 Å². The van der Waals surface area contributed by atoms with Crippen LogP contribution in [0.4, 0.5) is 5.69 Å². The number of nitrogens with zero attached hydrogens (tertiary/aromatic N) is 2. The van der Waals surface area contributed by atoms with Crippen LogP contribution in [-0.4, -0.2) is 36.5 Å². The Morgan fingerprint density at radius 3 is 2.71 bits per heavy atom. The zero-order valence-corrected chi connectivity index (χ0v) is 16.1. The monoisotopic (exact) mass is 383 g/mol. The van der Waals surface area contributed by atoms with Crippen LogP contribution in [0.2, 0.25) is 0 Å². The van der Waals surface area contributed by atoms with Crippen LogP contribution in [0.3, 0.4) is 0 Å². The number of benzene rings is 1. The van der Waals surface area contributed by atoms with Gasteiger partial charge in [-0.05, 0) is 43.7 Å². The van der Waals surface area contributed by atoms with E-state index in [1.165, 1.54) is 0 Å². The third-order valence-electron chi connectivity index (χ3n) is 5.52. The number of amides is 2. The van der Waals surface area contributed by atoms with E-state index in [-0.39, 0.29) is 18.9 Å². The highest BCUT2D eigenvalue weighted by atomic mass is 16.5. The van der Waals surface area contributed by atoms with Crippen LogP contribution in [-0.2, 0) is 25.5 Å². The average Bonchev–Trinajstić information content (AvgIpc) is 3.33. The summed E-state index contributed by atoms with van der Waals surface area (Å²) in [5, 5.41) is 12.0. The first-order chi connectivity index (χ1) is 13.5. The number of carbonyl (C=O) groups is 3. The number of hydrogen-bond acceptors (Lipinski definition) is 5. The fourth-order valence-electron chi connectivity index (χ4n) is 3.97. The van der Waals surface area contributed by atoms with E-state index in [2.05, 4.69) is 11.4 Å². The van der Waals surface area contributed by atoms with Crippen molar-refractivity contribution in [3.63, 3.8) is 0 Å². The molecule has 2 aliphatic rings. The third-order valence-corrected chi connectivity index (χ3v) is 5.52. The molecule has 2 amide bonds. The molecule has 1 aliphatic carbocycles. The topological polar surface area (TPSA) is 99.5 Å². The van der Waals surface area contributed by atoms with Gasteiger partial charge < -0.3 is 15.0 Å². The van der Waals surface area contributed by atoms with E-state index in [0.717, 1.165) is 30.5 Å². The quantitative estimate of drug-likeness (QED) is 0.759. The summed E-state index contributed by atoms with van der Waals surface area (Å²) in [6.07, 6.45) is 3.88. The number of anilines is 1. The lowest BCUT2D eigenvalue weighted by molar-refractivity contribution is -0.152. The van der Waals surface area contributed by atoms with Crippen molar-refractivity contribution in [1.82, 2.24) is 5.32 Å². The van der Waals surface area contributed by atoms with Gasteiger partial charge in [0.1, 0.15) is 5.54 Å². The van der Waals surface area contributed by atoms with Gasteiger partial charge in [0.25, 0.3) is 5.91 Å². The maximum absolute atomic E-state index is 12.4. The van der Waals surface area contributed by atoms with Crippen molar-refractivity contribution in [3.8, 4) is 6.07 Å². The Balaban J connectivity index is 1.55. The Labute approximate surface area is 164 Å². The van der Waals surface area contributed by atoms with E-state index in [1.54, 1.807) is 4.90 Å². The molecule has 7 nitrogen and oxygen atoms in total. The van der Waals surface area contributed by atoms with Crippen molar-refractivity contribution >= 4 is 23.5 Å². The van der Waals surface area contributed by atoms with E-state index in [4.69, 9.17) is 4.74 Å². The summed E-state index contributed by atoms with van der Waals surface area (Å²) in [7, 11) is 0. The lowest BCUT2D eigenvalue weighted by atomic mass is 10.00. The summed E-state index contributed by atoms with van der Waals surface area (Å²) >= 11 is 0. The van der Waals surface area contributed by atoms with Gasteiger partial charge in [0.2, 0.25) is 5.91 Å². The highest BCUT2D eigenvalue weighted by Gasteiger charge is 2.38. The minimum absolute atomic E-state index is 0.0701. The number of nitriles is 1. The van der Waals surface area contributed by atoms with Gasteiger partial charge in [-0.3, -0.25) is 14.4 Å². The molecule has 1 aliphatic heterocycles. The predicted octanol–water partition coefficient (Wildman–Crippen LogP) is 2.10. The van der Waals surface area contributed by atoms with Crippen molar-refractivity contribution in [2.75, 3.05) is 18.1 Å². The number of para-hydroxylation sites is 1. The minimum atomic E-state index is -0.840. The molecule has 1 saturated heterocycles. The normalized spacial score (nSPS) is 20.6. The van der Waals surface area contributed by atoms with Crippen molar-refractivity contribution in [3.05, 3.63) is 29.8 Å². The van der Waals surface area contributed by atoms with E-state index in [1.807, 2.05) is 31.2 Å². The molecule has 0 spiro atoms. The lowest BCUT2D eigenvalue weighted by Gasteiger charge is -2.22. The Hall–Kier alpha value is -2.88. The van der Waals surface area contributed by atoms with Crippen LogP contribution < -0.4 is 10.2 Å². The molecule has 0 bridgehead atoms. The summed E-state index contributed by atoms with van der Waals surface area (Å²) in [5.74, 6) is -1.75. The molecule has 1 heterocycles. The van der Waals surface area contributed by atoms with Crippen LogP contribution in [0.25, 0.3) is 0 Å². The summed E-state index contributed by atoms with van der Waals surface area (Å²) in [4.78, 5) is 38.5. The van der Waals surface area contributed by atoms with Gasteiger partial charge in [-0.15, -0.1) is 0 Å². The number of hydrogen-bond donors (Lipinski definition) is 1. The SMILES string of the molecule is CCc1ccccc1N1C[C@@H](C(=O)OCC(=O)NC2(C#N)CCCC2)CC1=O. The van der Waals surface area contributed by atoms with Crippen LogP contribution in [0.15, 0.2) is 24.3 Å². The molecule has 0 aromatic heterocycles. The van der Waals surface area contributed by atoms with Gasteiger partial charge >= 0.3 is 5.97 Å². The number of rotatable bonds is 6. The lowest BCUT2D eigenvalue weighted by Crippen LogP contribution is -2.47. The van der Waals surface area contributed by atoms with Gasteiger partial charge in [-0.25, -0.2) is 0 Å². The standard InChI is InChI=1S/C21H25N3O4/c1-2-15-7-3-4-8-17(15)24-12-16(11-19(24)26)20(27)28-13-18(25)23-21(14-22)9-5-6-10-21/h3-4,7-8,16H,2,5-6,9-13H2,1H3,(H,23,25)/t16-/m0/s1. The first-order valence-electron chi connectivity index (χ1n) is 9.75. The Kier molecular flexibility index (Phi) is 5.98. The van der Waals surface area contributed by atoms with Crippen LogP contribution >= 0.6 is 0 Å². The van der Waals surface area contributed by atoms with Crippen molar-refractivity contribution in [2.45, 2.75) is 51.0 Å². The highest BCUT2D eigenvalue weighted by Crippen LogP contribution is 2.30. The first kappa shape index (κ1) is 19.9. The van der Waals surface area contributed by atoms with Gasteiger partial charge in [0.15, 0.2) is 6.61 Å². The smallest absolute Gasteiger partial charge is 0.311 e. The fourth-order valence-corrected chi connectivity index (χ4v) is 3.97. The van der Waals surface area contributed by atoms with E-state index >= 15 is 0 Å². The average molecular weight is 383 g/mol. The third kappa shape index (κ3) is 4.16. The summed E-state index contributed by atoms with van der Waals surface area (Å²) in [5.41, 5.74) is 1.02. The minimum Gasteiger partial charge on any atom is -0.455 e. The predicted molar refractivity (Wildman–Crippen MR) is 102 cm³/mol. The summed E-state index contributed by atoms with van der Waals surface area (Å²) in [6, 6.07) is 9.80. The molecule has 7 heteroatoms. The van der Waals surface area contributed by atoms with Crippen molar-refractivity contribution in [1.29, 1.82) is 5.26 Å². The van der Waals surface area contributed by atoms with Crippen molar-refractivity contribution < 1.29 is 19.1 Å². The Bertz CT molecular complexity index is 808. The van der Waals surface area contributed by atoms with Gasteiger partial charge in [0.05, 0.1) is 12.0 Å². The maximum Gasteiger partial charge on any atom is 0.311 e. The van der Waals surface area contributed by atoms with E-state index in [9.17, 15) is 19.6 Å². The summed E-state index contributed by atoms with van der Waals surface area (Å²) in [6.45, 7) is 1.83. The second kappa shape index (κ2) is 8.42. The molecule has 1 aromatic carbocycles. The van der Waals surface area contributed by atoms with Crippen LogP contribution in [0.5, 0.6) is 0 Å². The molecule has 1 atom stereocenters. The molecule has 3 rings (SSSR count). The molecule has 2 fully saturated rings. The van der Waals surface area contributed by atoms with Gasteiger partial charge in [-0.1, -0.05) is 25.1 Å². The molecule has 1 aromatic rings. The fraction of sp³-hybridized carbons (Fsp3) is 0.524. The molecule has 0 unspecified atom stereocenters. The second-order valence-corrected chi connectivity index (χ2v) is 7.44. The van der Waals surface area contributed by atoms with Crippen molar-refractivity contribution in [2.24, 2.45) is 5.92 Å². The van der Waals surface area contributed by atoms with E-state index in [0.29, 0.717) is 12.8 Å². The Morgan fingerprint density at radius 1 is 1.32 bits per heavy atom. The summed E-state index contributed by atoms with van der Waals surface area (Å²) < 4.78 is 5.14. The molecule has 1 N–H and O–H groups in total. The number of nitrogens with one attached hydrogen (secondary N) is 1. The second-order valence-electron chi connectivity index (χ2n) is 7.44. The molecule has 28 heavy (non-hydrogen) atoms. The number of carbonyl (C=O) groups excluding carboxylic acids is 3. The Morgan fingerprint density at radius 2 is 2.04 bits per heavy atom. The number of ether oxygens (including phenoxy) is 1. The molecule has 148 valence electrons. The highest BCUT2D eigenvalue weighted by molar-refractivity contribution is 6.00. The maximum atomic E-state index is 12.4. The van der Waals surface area contributed by atoms with Crippen LogP contribution in [0.1, 0.15) is 44.6 Å². The number of esters is 1. The molecular weight excluding hydrogens is 358 g/mol. The molecular formula is C21H25N3O4. The zero-order chi connectivity index (χ0) is 20.1. The first-order valence-corrected chi connectivity index (χ1v) is 9.75. The van der Waals surface area contributed by atoms with Gasteiger partial charge in [-0.2, -0.15) is 5.26 Å².